The third kappa shape index (κ3) is 1.95. The summed E-state index contributed by atoms with van der Waals surface area (Å²) in [7, 11) is 1.79. The summed E-state index contributed by atoms with van der Waals surface area (Å²) in [5, 5.41) is 6.76. The molecule has 0 aromatic heterocycles. The number of nitrogens with one attached hydrogen (secondary N) is 2. The van der Waals surface area contributed by atoms with E-state index < -0.39 is 0 Å². The van der Waals surface area contributed by atoms with Crippen LogP contribution in [0.3, 0.4) is 0 Å². The molecule has 0 radical (unpaired) electrons. The topological polar surface area (TPSA) is 45.6 Å². The number of ether oxygens (including phenoxy) is 1. The molecule has 4 heteroatoms. The Hall–Kier alpha value is -0.770. The van der Waals surface area contributed by atoms with Gasteiger partial charge >= 0.3 is 0 Å². The maximum Gasteiger partial charge on any atom is 0.191 e. The van der Waals surface area contributed by atoms with Crippen LogP contribution in [0.1, 0.15) is 26.7 Å². The molecule has 0 amide bonds. The van der Waals surface area contributed by atoms with Gasteiger partial charge in [-0.1, -0.05) is 13.8 Å². The standard InChI is InChI=1S/C11H21N3O/c1-11(2)8(7-9(11)15-3)14-10-12-5-4-6-13-10/h8-9H,4-7H2,1-3H3,(H2,12,13,14). The Labute approximate surface area is 91.5 Å². The van der Waals surface area contributed by atoms with Gasteiger partial charge in [0.2, 0.25) is 0 Å². The van der Waals surface area contributed by atoms with Crippen LogP contribution in [0, 0.1) is 5.41 Å². The van der Waals surface area contributed by atoms with Gasteiger partial charge in [0.15, 0.2) is 5.96 Å². The predicted octanol–water partition coefficient (Wildman–Crippen LogP) is 0.739. The Morgan fingerprint density at radius 3 is 2.87 bits per heavy atom. The van der Waals surface area contributed by atoms with Gasteiger partial charge in [0.05, 0.1) is 6.10 Å². The minimum absolute atomic E-state index is 0.205. The fourth-order valence-corrected chi connectivity index (χ4v) is 2.32. The van der Waals surface area contributed by atoms with Crippen LogP contribution in [0.2, 0.25) is 0 Å². The molecule has 0 aromatic rings. The molecule has 0 saturated heterocycles. The van der Waals surface area contributed by atoms with Gasteiger partial charge in [-0.3, -0.25) is 4.99 Å². The van der Waals surface area contributed by atoms with E-state index in [4.69, 9.17) is 4.74 Å². The third-order valence-electron chi connectivity index (χ3n) is 3.67. The second-order valence-corrected chi connectivity index (χ2v) is 4.99. The second kappa shape index (κ2) is 4.00. The maximum absolute atomic E-state index is 5.42. The van der Waals surface area contributed by atoms with Crippen molar-refractivity contribution >= 4 is 5.96 Å². The molecule has 2 unspecified atom stereocenters. The molecule has 0 aromatic carbocycles. The van der Waals surface area contributed by atoms with Gasteiger partial charge in [0, 0.05) is 31.7 Å². The third-order valence-corrected chi connectivity index (χ3v) is 3.67. The van der Waals surface area contributed by atoms with Crippen LogP contribution in [0.4, 0.5) is 0 Å². The summed E-state index contributed by atoms with van der Waals surface area (Å²) in [6.45, 7) is 6.46. The number of nitrogens with zero attached hydrogens (tertiary/aromatic N) is 1. The van der Waals surface area contributed by atoms with Crippen LogP contribution in [0.25, 0.3) is 0 Å². The van der Waals surface area contributed by atoms with Crippen molar-refractivity contribution in [2.45, 2.75) is 38.8 Å². The lowest BCUT2D eigenvalue weighted by Crippen LogP contribution is -2.63. The van der Waals surface area contributed by atoms with Crippen LogP contribution < -0.4 is 10.6 Å². The van der Waals surface area contributed by atoms with E-state index in [2.05, 4.69) is 29.5 Å². The van der Waals surface area contributed by atoms with E-state index in [1.165, 1.54) is 0 Å². The van der Waals surface area contributed by atoms with Gasteiger partial charge in [0.25, 0.3) is 0 Å². The molecular weight excluding hydrogens is 190 g/mol. The Balaban J connectivity index is 1.89. The Bertz CT molecular complexity index is 263. The quantitative estimate of drug-likeness (QED) is 0.708. The molecule has 2 aliphatic rings. The van der Waals surface area contributed by atoms with E-state index in [0.717, 1.165) is 31.9 Å². The molecule has 2 atom stereocenters. The molecule has 0 spiro atoms. The zero-order valence-corrected chi connectivity index (χ0v) is 9.84. The molecule has 1 fully saturated rings. The smallest absolute Gasteiger partial charge is 0.191 e. The first kappa shape index (κ1) is 10.7. The normalized spacial score (nSPS) is 33.7. The molecule has 2 rings (SSSR count). The van der Waals surface area contributed by atoms with Crippen LogP contribution >= 0.6 is 0 Å². The Morgan fingerprint density at radius 1 is 1.53 bits per heavy atom. The lowest BCUT2D eigenvalue weighted by molar-refractivity contribution is -0.0923. The first-order chi connectivity index (χ1) is 7.14. The minimum atomic E-state index is 0.205. The van der Waals surface area contributed by atoms with Gasteiger partial charge in [-0.2, -0.15) is 0 Å². The summed E-state index contributed by atoms with van der Waals surface area (Å²) in [5.41, 5.74) is 0.205. The highest BCUT2D eigenvalue weighted by Crippen LogP contribution is 2.42. The lowest BCUT2D eigenvalue weighted by Gasteiger charge is -2.51. The van der Waals surface area contributed by atoms with E-state index in [1.807, 2.05) is 0 Å². The minimum Gasteiger partial charge on any atom is -0.381 e. The number of rotatable bonds is 2. The molecule has 1 saturated carbocycles. The molecule has 1 aliphatic heterocycles. The number of hydrogen-bond donors (Lipinski definition) is 2. The van der Waals surface area contributed by atoms with Gasteiger partial charge < -0.3 is 15.4 Å². The van der Waals surface area contributed by atoms with Crippen molar-refractivity contribution in [3.63, 3.8) is 0 Å². The molecule has 4 nitrogen and oxygen atoms in total. The SMILES string of the molecule is COC1CC(NC2=NCCCN2)C1(C)C. The maximum atomic E-state index is 5.42. The first-order valence-electron chi connectivity index (χ1n) is 5.72. The molecule has 0 bridgehead atoms. The fourth-order valence-electron chi connectivity index (χ4n) is 2.32. The van der Waals surface area contributed by atoms with Gasteiger partial charge in [-0.25, -0.2) is 0 Å². The Morgan fingerprint density at radius 2 is 2.33 bits per heavy atom. The van der Waals surface area contributed by atoms with E-state index in [9.17, 15) is 0 Å². The van der Waals surface area contributed by atoms with Crippen molar-refractivity contribution in [2.24, 2.45) is 10.4 Å². The largest absolute Gasteiger partial charge is 0.381 e. The number of guanidine groups is 1. The highest BCUT2D eigenvalue weighted by molar-refractivity contribution is 5.80. The van der Waals surface area contributed by atoms with Gasteiger partial charge in [0.1, 0.15) is 0 Å². The lowest BCUT2D eigenvalue weighted by atomic mass is 9.64. The number of aliphatic imine (C=N–C) groups is 1. The summed E-state index contributed by atoms with van der Waals surface area (Å²) >= 11 is 0. The fraction of sp³-hybridized carbons (Fsp3) is 0.909. The first-order valence-corrected chi connectivity index (χ1v) is 5.72. The van der Waals surface area contributed by atoms with Crippen molar-refractivity contribution in [1.82, 2.24) is 10.6 Å². The monoisotopic (exact) mass is 211 g/mol. The molecule has 1 aliphatic carbocycles. The van der Waals surface area contributed by atoms with E-state index in [0.29, 0.717) is 12.1 Å². The van der Waals surface area contributed by atoms with Gasteiger partial charge in [-0.15, -0.1) is 0 Å². The molecule has 86 valence electrons. The molecular formula is C11H21N3O. The van der Waals surface area contributed by atoms with E-state index >= 15 is 0 Å². The molecule has 15 heavy (non-hydrogen) atoms. The van der Waals surface area contributed by atoms with E-state index in [-0.39, 0.29) is 5.41 Å². The highest BCUT2D eigenvalue weighted by Gasteiger charge is 2.48. The van der Waals surface area contributed by atoms with Crippen molar-refractivity contribution in [2.75, 3.05) is 20.2 Å². The summed E-state index contributed by atoms with van der Waals surface area (Å²) in [6.07, 6.45) is 2.59. The highest BCUT2D eigenvalue weighted by atomic mass is 16.5. The summed E-state index contributed by atoms with van der Waals surface area (Å²) in [4.78, 5) is 4.42. The van der Waals surface area contributed by atoms with Crippen molar-refractivity contribution < 1.29 is 4.74 Å². The number of hydrogen-bond acceptors (Lipinski definition) is 4. The van der Waals surface area contributed by atoms with Crippen molar-refractivity contribution in [3.8, 4) is 0 Å². The van der Waals surface area contributed by atoms with Crippen molar-refractivity contribution in [3.05, 3.63) is 0 Å². The van der Waals surface area contributed by atoms with Gasteiger partial charge in [-0.05, 0) is 12.8 Å². The summed E-state index contributed by atoms with van der Waals surface area (Å²) in [5.74, 6) is 0.967. The predicted molar refractivity (Wildman–Crippen MR) is 61.0 cm³/mol. The molecule has 1 heterocycles. The Kier molecular flexibility index (Phi) is 2.87. The average molecular weight is 211 g/mol. The van der Waals surface area contributed by atoms with Crippen LogP contribution in [0.15, 0.2) is 4.99 Å². The number of methoxy groups -OCH3 is 1. The van der Waals surface area contributed by atoms with Crippen LogP contribution in [-0.4, -0.2) is 38.3 Å². The van der Waals surface area contributed by atoms with Crippen LogP contribution in [0.5, 0.6) is 0 Å². The average Bonchev–Trinajstić information content (AvgIpc) is 2.25. The summed E-state index contributed by atoms with van der Waals surface area (Å²) in [6, 6.07) is 0.479. The second-order valence-electron chi connectivity index (χ2n) is 4.99. The molecule has 2 N–H and O–H groups in total. The zero-order chi connectivity index (χ0) is 10.9. The van der Waals surface area contributed by atoms with Crippen molar-refractivity contribution in [1.29, 1.82) is 0 Å². The van der Waals surface area contributed by atoms with Crippen LogP contribution in [-0.2, 0) is 4.74 Å². The summed E-state index contributed by atoms with van der Waals surface area (Å²) < 4.78 is 5.42. The van der Waals surface area contributed by atoms with E-state index in [1.54, 1.807) is 7.11 Å². The zero-order valence-electron chi connectivity index (χ0n) is 9.84.